The highest BCUT2D eigenvalue weighted by Gasteiger charge is 2.65. The van der Waals surface area contributed by atoms with Gasteiger partial charge in [-0.3, -0.25) is 0 Å². The molecule has 1 saturated carbocycles. The van der Waals surface area contributed by atoms with E-state index < -0.39 is 54.2 Å². The lowest BCUT2D eigenvalue weighted by atomic mass is 9.84. The largest absolute Gasteiger partial charge is 0.453 e. The van der Waals surface area contributed by atoms with E-state index in [0.717, 1.165) is 19.3 Å². The fourth-order valence-electron chi connectivity index (χ4n) is 5.07. The van der Waals surface area contributed by atoms with E-state index in [4.69, 9.17) is 33.2 Å². The Morgan fingerprint density at radius 1 is 0.844 bits per heavy atom. The summed E-state index contributed by atoms with van der Waals surface area (Å²) < 4.78 is 43.3. The normalized spacial score (nSPS) is 39.8. The minimum Gasteiger partial charge on any atom is -0.453 e. The minimum absolute atomic E-state index is 0.335. The Balaban J connectivity index is 1.45. The summed E-state index contributed by atoms with van der Waals surface area (Å²) >= 11 is 0. The van der Waals surface area contributed by atoms with Crippen LogP contribution in [-0.2, 0) is 33.2 Å². The maximum absolute atomic E-state index is 12.9. The van der Waals surface area contributed by atoms with Gasteiger partial charge in [-0.1, -0.05) is 18.2 Å². The molecule has 8 heteroatoms. The van der Waals surface area contributed by atoms with Crippen molar-refractivity contribution in [2.24, 2.45) is 0 Å². The van der Waals surface area contributed by atoms with Crippen LogP contribution in [0.2, 0.25) is 0 Å². The van der Waals surface area contributed by atoms with Gasteiger partial charge < -0.3 is 33.2 Å². The number of hydrogen-bond donors (Lipinski definition) is 0. The topological polar surface area (TPSA) is 81.7 Å². The Morgan fingerprint density at radius 3 is 1.94 bits per heavy atom. The minimum atomic E-state index is -0.865. The molecule has 176 valence electrons. The molecule has 3 heterocycles. The number of esters is 1. The zero-order valence-electron chi connectivity index (χ0n) is 19.0. The zero-order valence-corrected chi connectivity index (χ0v) is 19.0. The number of ether oxygens (including phenoxy) is 7. The third-order valence-electron chi connectivity index (χ3n) is 6.32. The van der Waals surface area contributed by atoms with Gasteiger partial charge in [0, 0.05) is 6.61 Å². The molecule has 0 amide bonds. The van der Waals surface area contributed by atoms with Crippen LogP contribution in [0, 0.1) is 0 Å². The van der Waals surface area contributed by atoms with Crippen molar-refractivity contribution in [2.45, 2.75) is 101 Å². The van der Waals surface area contributed by atoms with Gasteiger partial charge in [-0.25, -0.2) is 4.79 Å². The Labute approximate surface area is 188 Å². The van der Waals surface area contributed by atoms with Crippen molar-refractivity contribution in [2.75, 3.05) is 6.61 Å². The van der Waals surface area contributed by atoms with Gasteiger partial charge in [-0.05, 0) is 59.1 Å². The maximum atomic E-state index is 12.9. The van der Waals surface area contributed by atoms with Gasteiger partial charge in [0.15, 0.2) is 24.0 Å². The molecule has 4 aliphatic rings. The summed E-state index contributed by atoms with van der Waals surface area (Å²) in [7, 11) is 0. The second-order valence-corrected chi connectivity index (χ2v) is 9.76. The summed E-state index contributed by atoms with van der Waals surface area (Å²) in [6, 6.07) is 8.89. The van der Waals surface area contributed by atoms with Crippen LogP contribution < -0.4 is 0 Å². The van der Waals surface area contributed by atoms with Gasteiger partial charge in [0.25, 0.3) is 0 Å². The van der Waals surface area contributed by atoms with Gasteiger partial charge >= 0.3 is 5.97 Å². The van der Waals surface area contributed by atoms with Crippen molar-refractivity contribution < 1.29 is 38.0 Å². The Hall–Kier alpha value is -1.55. The molecule has 1 aliphatic carbocycles. The average Bonchev–Trinajstić information content (AvgIpc) is 3.26. The van der Waals surface area contributed by atoms with Crippen LogP contribution in [-0.4, -0.2) is 67.1 Å². The van der Waals surface area contributed by atoms with E-state index in [-0.39, 0.29) is 6.29 Å². The monoisotopic (exact) mass is 448 g/mol. The molecule has 1 aromatic rings. The van der Waals surface area contributed by atoms with Crippen molar-refractivity contribution in [3.63, 3.8) is 0 Å². The molecular formula is C24H32O8. The van der Waals surface area contributed by atoms with E-state index in [1.54, 1.807) is 24.3 Å². The van der Waals surface area contributed by atoms with Gasteiger partial charge in [-0.15, -0.1) is 0 Å². The average molecular weight is 449 g/mol. The predicted molar refractivity (Wildman–Crippen MR) is 112 cm³/mol. The van der Waals surface area contributed by atoms with Crippen LogP contribution >= 0.6 is 0 Å². The van der Waals surface area contributed by atoms with Crippen molar-refractivity contribution in [3.05, 3.63) is 35.9 Å². The van der Waals surface area contributed by atoms with Crippen LogP contribution in [0.1, 0.15) is 57.3 Å². The summed E-state index contributed by atoms with van der Waals surface area (Å²) in [5, 5.41) is 0. The van der Waals surface area contributed by atoms with E-state index in [1.807, 2.05) is 33.8 Å². The van der Waals surface area contributed by atoms with Crippen molar-refractivity contribution in [1.29, 1.82) is 0 Å². The third kappa shape index (κ3) is 4.32. The van der Waals surface area contributed by atoms with Gasteiger partial charge in [-0.2, -0.15) is 0 Å². The SMILES string of the molecule is CC1(C)O[C@@H]2C(O[C@@H]3CCCCO3)[C@@H]3OC(C)(C)O[C@H]3C(OC(=O)c3ccccc3)[C@@H]2O1. The van der Waals surface area contributed by atoms with Crippen molar-refractivity contribution in [3.8, 4) is 0 Å². The number of benzene rings is 1. The molecule has 0 aromatic heterocycles. The Morgan fingerprint density at radius 2 is 1.41 bits per heavy atom. The van der Waals surface area contributed by atoms with E-state index >= 15 is 0 Å². The molecule has 2 unspecified atom stereocenters. The molecular weight excluding hydrogens is 416 g/mol. The highest BCUT2D eigenvalue weighted by atomic mass is 16.8. The summed E-state index contributed by atoms with van der Waals surface area (Å²) in [5.41, 5.74) is 0.464. The molecule has 3 saturated heterocycles. The first-order valence-corrected chi connectivity index (χ1v) is 11.5. The molecule has 1 aromatic carbocycles. The predicted octanol–water partition coefficient (Wildman–Crippen LogP) is 3.18. The number of carbonyl (C=O) groups excluding carboxylic acids is 1. The van der Waals surface area contributed by atoms with Crippen molar-refractivity contribution in [1.82, 2.24) is 0 Å². The third-order valence-corrected chi connectivity index (χ3v) is 6.32. The van der Waals surface area contributed by atoms with Crippen LogP contribution in [0.5, 0.6) is 0 Å². The van der Waals surface area contributed by atoms with E-state index in [0.29, 0.717) is 12.2 Å². The molecule has 32 heavy (non-hydrogen) atoms. The quantitative estimate of drug-likeness (QED) is 0.650. The highest BCUT2D eigenvalue weighted by Crippen LogP contribution is 2.47. The maximum Gasteiger partial charge on any atom is 0.338 e. The van der Waals surface area contributed by atoms with Crippen LogP contribution in [0.25, 0.3) is 0 Å². The van der Waals surface area contributed by atoms with Crippen LogP contribution in [0.4, 0.5) is 0 Å². The first-order valence-electron chi connectivity index (χ1n) is 11.5. The first-order chi connectivity index (χ1) is 15.2. The number of carbonyl (C=O) groups is 1. The fraction of sp³-hybridized carbons (Fsp3) is 0.708. The van der Waals surface area contributed by atoms with Gasteiger partial charge in [0.1, 0.15) is 30.5 Å². The fourth-order valence-corrected chi connectivity index (χ4v) is 5.07. The molecule has 4 fully saturated rings. The first kappa shape index (κ1) is 22.3. The van der Waals surface area contributed by atoms with Crippen LogP contribution in [0.15, 0.2) is 30.3 Å². The van der Waals surface area contributed by atoms with E-state index in [2.05, 4.69) is 0 Å². The summed E-state index contributed by atoms with van der Waals surface area (Å²) in [6.45, 7) is 8.05. The molecule has 7 atom stereocenters. The zero-order chi connectivity index (χ0) is 22.5. The molecule has 8 nitrogen and oxygen atoms in total. The number of fused-ring (bicyclic) bond motifs is 2. The second kappa shape index (κ2) is 8.34. The molecule has 3 aliphatic heterocycles. The molecule has 0 N–H and O–H groups in total. The Bertz CT molecular complexity index is 787. The summed E-state index contributed by atoms with van der Waals surface area (Å²) in [6.07, 6.45) is -0.774. The second-order valence-electron chi connectivity index (χ2n) is 9.76. The van der Waals surface area contributed by atoms with Gasteiger partial charge in [0.2, 0.25) is 0 Å². The smallest absolute Gasteiger partial charge is 0.338 e. The van der Waals surface area contributed by atoms with E-state index in [1.165, 1.54) is 0 Å². The van der Waals surface area contributed by atoms with Crippen LogP contribution in [0.3, 0.4) is 0 Å². The van der Waals surface area contributed by atoms with E-state index in [9.17, 15) is 4.79 Å². The highest BCUT2D eigenvalue weighted by molar-refractivity contribution is 5.89. The molecule has 5 rings (SSSR count). The molecule has 0 radical (unpaired) electrons. The lowest BCUT2D eigenvalue weighted by Gasteiger charge is -2.43. The molecule has 0 bridgehead atoms. The summed E-state index contributed by atoms with van der Waals surface area (Å²) in [5.74, 6) is -2.17. The number of hydrogen-bond acceptors (Lipinski definition) is 8. The standard InChI is InChI=1S/C24H32O8/c1-23(2)29-18-16(27-15-12-8-9-13-26-15)19-21(32-24(3,4)30-19)17(20(18)31-23)28-22(25)14-10-6-5-7-11-14/h5-7,10-11,15-21H,8-9,12-13H2,1-4H3/t15-,16?,17?,18-,19+,20+,21+/m1/s1. The lowest BCUT2D eigenvalue weighted by Crippen LogP contribution is -2.64. The Kier molecular flexibility index (Phi) is 5.80. The van der Waals surface area contributed by atoms with Crippen molar-refractivity contribution >= 4 is 5.97 Å². The number of rotatable bonds is 4. The van der Waals surface area contributed by atoms with Gasteiger partial charge in [0.05, 0.1) is 5.56 Å². The lowest BCUT2D eigenvalue weighted by molar-refractivity contribution is -0.254. The molecule has 0 spiro atoms. The summed E-state index contributed by atoms with van der Waals surface area (Å²) in [4.78, 5) is 12.9.